The fraction of sp³-hybridized carbons (Fsp3) is 0. The number of hydrogen-bond donors (Lipinski definition) is 0. The van der Waals surface area contributed by atoms with Crippen molar-refractivity contribution in [3.8, 4) is 33.6 Å². The van der Waals surface area contributed by atoms with Crippen LogP contribution in [0.3, 0.4) is 0 Å². The van der Waals surface area contributed by atoms with Gasteiger partial charge in [-0.15, -0.1) is 0 Å². The summed E-state index contributed by atoms with van der Waals surface area (Å²) in [6, 6.07) is 62.1. The van der Waals surface area contributed by atoms with Gasteiger partial charge in [-0.2, -0.15) is 0 Å². The van der Waals surface area contributed by atoms with Crippen LogP contribution in [0.4, 0.5) is 34.1 Å². The first-order chi connectivity index (χ1) is 23.3. The van der Waals surface area contributed by atoms with Gasteiger partial charge in [-0.25, -0.2) is 4.98 Å². The molecule has 2 aromatic heterocycles. The third kappa shape index (κ3) is 4.58. The highest BCUT2D eigenvalue weighted by atomic mass is 15.3. The van der Waals surface area contributed by atoms with Gasteiger partial charge in [-0.3, -0.25) is 4.40 Å². The largest absolute Gasteiger partial charge is 0.306 e. The Balaban J connectivity index is 1.12. The average Bonchev–Trinajstić information content (AvgIpc) is 3.54. The Bertz CT molecular complexity index is 2300. The Morgan fingerprint density at radius 2 is 0.830 bits per heavy atom. The third-order valence-corrected chi connectivity index (χ3v) is 8.92. The molecule has 9 rings (SSSR count). The lowest BCUT2D eigenvalue weighted by molar-refractivity contribution is 1.17. The minimum atomic E-state index is 0.921. The molecule has 0 fully saturated rings. The molecule has 1 aliphatic heterocycles. The zero-order valence-corrected chi connectivity index (χ0v) is 25.6. The highest BCUT2D eigenvalue weighted by Gasteiger charge is 2.30. The zero-order valence-electron chi connectivity index (χ0n) is 25.6. The van der Waals surface area contributed by atoms with Gasteiger partial charge in [0.25, 0.3) is 0 Å². The predicted molar refractivity (Wildman–Crippen MR) is 194 cm³/mol. The summed E-state index contributed by atoms with van der Waals surface area (Å²) in [5.74, 6) is 0. The van der Waals surface area contributed by atoms with E-state index in [4.69, 9.17) is 4.98 Å². The van der Waals surface area contributed by atoms with Crippen LogP contribution in [0.5, 0.6) is 0 Å². The molecule has 0 spiro atoms. The fourth-order valence-corrected chi connectivity index (χ4v) is 6.77. The highest BCUT2D eigenvalue weighted by molar-refractivity contribution is 6.01. The number of pyridine rings is 1. The van der Waals surface area contributed by atoms with Gasteiger partial charge in [0, 0.05) is 28.7 Å². The summed E-state index contributed by atoms with van der Waals surface area (Å²) in [5.41, 5.74) is 14.4. The van der Waals surface area contributed by atoms with Crippen molar-refractivity contribution in [3.05, 3.63) is 182 Å². The summed E-state index contributed by atoms with van der Waals surface area (Å²) in [5, 5.41) is 0. The van der Waals surface area contributed by atoms with E-state index in [-0.39, 0.29) is 0 Å². The van der Waals surface area contributed by atoms with Gasteiger partial charge >= 0.3 is 0 Å². The maximum Gasteiger partial charge on any atom is 0.138 e. The van der Waals surface area contributed by atoms with Gasteiger partial charge in [0.1, 0.15) is 5.65 Å². The van der Waals surface area contributed by atoms with Crippen LogP contribution in [0, 0.1) is 0 Å². The smallest absolute Gasteiger partial charge is 0.138 e. The number of anilines is 6. The monoisotopic (exact) mass is 602 g/mol. The first kappa shape index (κ1) is 27.0. The van der Waals surface area contributed by atoms with Crippen molar-refractivity contribution in [1.29, 1.82) is 0 Å². The lowest BCUT2D eigenvalue weighted by Crippen LogP contribution is -2.23. The van der Waals surface area contributed by atoms with Crippen molar-refractivity contribution >= 4 is 39.8 Å². The number of para-hydroxylation sites is 5. The maximum atomic E-state index is 5.17. The molecule has 0 unspecified atom stereocenters. The molecular weight excluding hydrogens is 573 g/mol. The number of fused-ring (bicyclic) bond motifs is 3. The minimum absolute atomic E-state index is 0.921. The molecule has 0 saturated carbocycles. The number of benzene rings is 6. The van der Waals surface area contributed by atoms with Crippen LogP contribution < -0.4 is 9.80 Å². The summed E-state index contributed by atoms with van der Waals surface area (Å²) < 4.78 is 2.20. The number of hydrogen-bond acceptors (Lipinski definition) is 3. The third-order valence-electron chi connectivity index (χ3n) is 8.92. The van der Waals surface area contributed by atoms with Crippen molar-refractivity contribution in [2.75, 3.05) is 9.80 Å². The van der Waals surface area contributed by atoms with E-state index in [2.05, 4.69) is 190 Å². The molecule has 0 N–H and O–H groups in total. The van der Waals surface area contributed by atoms with E-state index in [9.17, 15) is 0 Å². The van der Waals surface area contributed by atoms with E-state index >= 15 is 0 Å². The molecule has 47 heavy (non-hydrogen) atoms. The second kappa shape index (κ2) is 11.2. The molecule has 1 aliphatic rings. The first-order valence-electron chi connectivity index (χ1n) is 15.9. The van der Waals surface area contributed by atoms with E-state index in [0.29, 0.717) is 0 Å². The van der Waals surface area contributed by atoms with Crippen LogP contribution in [-0.2, 0) is 0 Å². The Morgan fingerprint density at radius 3 is 1.38 bits per heavy atom. The molecule has 0 atom stereocenters. The number of nitrogens with zero attached hydrogens (tertiary/aromatic N) is 4. The minimum Gasteiger partial charge on any atom is -0.306 e. The Kier molecular flexibility index (Phi) is 6.43. The van der Waals surface area contributed by atoms with E-state index in [1.165, 1.54) is 0 Å². The lowest BCUT2D eigenvalue weighted by atomic mass is 10.0. The fourth-order valence-electron chi connectivity index (χ4n) is 6.77. The van der Waals surface area contributed by atoms with Gasteiger partial charge in [-0.1, -0.05) is 115 Å². The summed E-state index contributed by atoms with van der Waals surface area (Å²) in [6.07, 6.45) is 2.15. The van der Waals surface area contributed by atoms with Gasteiger partial charge in [-0.05, 0) is 71.8 Å². The van der Waals surface area contributed by atoms with E-state index in [0.717, 1.165) is 73.4 Å². The average molecular weight is 603 g/mol. The first-order valence-corrected chi connectivity index (χ1v) is 15.9. The molecule has 6 aromatic carbocycles. The van der Waals surface area contributed by atoms with Crippen LogP contribution in [0.1, 0.15) is 0 Å². The molecule has 222 valence electrons. The standard InChI is InChI=1S/C43H30N4/c1-4-14-32(15-5-1)42-43(33-16-6-2-7-17-33)45-29-28-34(30-41(45)44-42)31-24-26-36(27-25-31)47-39-22-12-10-20-37(39)46(35-18-8-3-9-19-35)38-21-11-13-23-40(38)47/h1-30H. The second-order valence-corrected chi connectivity index (χ2v) is 11.7. The maximum absolute atomic E-state index is 5.17. The Hall–Kier alpha value is -6.39. The molecule has 4 heteroatoms. The molecule has 8 aromatic rings. The highest BCUT2D eigenvalue weighted by Crippen LogP contribution is 2.53. The van der Waals surface area contributed by atoms with Crippen molar-refractivity contribution in [3.63, 3.8) is 0 Å². The summed E-state index contributed by atoms with van der Waals surface area (Å²) >= 11 is 0. The van der Waals surface area contributed by atoms with Crippen molar-refractivity contribution in [2.24, 2.45) is 0 Å². The predicted octanol–water partition coefficient (Wildman–Crippen LogP) is 11.6. The molecule has 0 radical (unpaired) electrons. The van der Waals surface area contributed by atoms with Crippen molar-refractivity contribution in [2.45, 2.75) is 0 Å². The normalized spacial score (nSPS) is 12.2. The molecule has 3 heterocycles. The molecule has 0 amide bonds. The van der Waals surface area contributed by atoms with Gasteiger partial charge < -0.3 is 9.80 Å². The van der Waals surface area contributed by atoms with Crippen LogP contribution in [-0.4, -0.2) is 9.38 Å². The van der Waals surface area contributed by atoms with Gasteiger partial charge in [0.15, 0.2) is 0 Å². The SMILES string of the molecule is c1ccc(-c2nc3cc(-c4ccc(N5c6ccccc6N(c6ccccc6)c6ccccc65)cc4)ccn3c2-c2ccccc2)cc1. The molecule has 0 bridgehead atoms. The van der Waals surface area contributed by atoms with Gasteiger partial charge in [0.05, 0.1) is 34.1 Å². The van der Waals surface area contributed by atoms with Gasteiger partial charge in [0.2, 0.25) is 0 Å². The van der Waals surface area contributed by atoms with E-state index < -0.39 is 0 Å². The van der Waals surface area contributed by atoms with Crippen LogP contribution in [0.2, 0.25) is 0 Å². The molecule has 4 nitrogen and oxygen atoms in total. The van der Waals surface area contributed by atoms with Crippen LogP contribution in [0.15, 0.2) is 182 Å². The Labute approximate surface area is 274 Å². The number of aromatic nitrogens is 2. The number of imidazole rings is 1. The van der Waals surface area contributed by atoms with Crippen molar-refractivity contribution < 1.29 is 0 Å². The summed E-state index contributed by atoms with van der Waals surface area (Å²) in [7, 11) is 0. The van der Waals surface area contributed by atoms with Crippen LogP contribution in [0.25, 0.3) is 39.3 Å². The second-order valence-electron chi connectivity index (χ2n) is 11.7. The zero-order chi connectivity index (χ0) is 31.2. The quantitative estimate of drug-likeness (QED) is 0.196. The molecular formula is C43H30N4. The van der Waals surface area contributed by atoms with Crippen LogP contribution >= 0.6 is 0 Å². The number of rotatable bonds is 5. The topological polar surface area (TPSA) is 23.8 Å². The Morgan fingerprint density at radius 1 is 0.362 bits per heavy atom. The van der Waals surface area contributed by atoms with E-state index in [1.807, 2.05) is 6.07 Å². The lowest BCUT2D eigenvalue weighted by Gasteiger charge is -2.40. The summed E-state index contributed by atoms with van der Waals surface area (Å²) in [4.78, 5) is 9.88. The molecule has 0 saturated heterocycles. The van der Waals surface area contributed by atoms with Crippen molar-refractivity contribution in [1.82, 2.24) is 9.38 Å². The molecule has 0 aliphatic carbocycles. The summed E-state index contributed by atoms with van der Waals surface area (Å²) in [6.45, 7) is 0. The van der Waals surface area contributed by atoms with E-state index in [1.54, 1.807) is 0 Å².